The first kappa shape index (κ1) is 31.0. The first-order valence-corrected chi connectivity index (χ1v) is 14.0. The van der Waals surface area contributed by atoms with Gasteiger partial charge in [-0.3, -0.25) is 14.4 Å². The summed E-state index contributed by atoms with van der Waals surface area (Å²) in [7, 11) is 0. The van der Waals surface area contributed by atoms with Gasteiger partial charge in [-0.15, -0.1) is 0 Å². The number of anilines is 2. The summed E-state index contributed by atoms with van der Waals surface area (Å²) in [5.74, 6) is -1.12. The molecule has 0 bridgehead atoms. The maximum Gasteiger partial charge on any atom is 0.432 e. The van der Waals surface area contributed by atoms with E-state index < -0.39 is 29.9 Å². The van der Waals surface area contributed by atoms with E-state index in [9.17, 15) is 27.6 Å². The van der Waals surface area contributed by atoms with E-state index in [-0.39, 0.29) is 24.3 Å². The molecule has 0 fully saturated rings. The number of alkyl halides is 3. The highest BCUT2D eigenvalue weighted by atomic mass is 35.5. The number of amides is 3. The average Bonchev–Trinajstić information content (AvgIpc) is 2.93. The molecule has 5 N–H and O–H groups in total. The van der Waals surface area contributed by atoms with Crippen LogP contribution in [0, 0.1) is 5.92 Å². The normalized spacial score (nSPS) is 22.7. The molecule has 4 rings (SSSR count). The Morgan fingerprint density at radius 1 is 1.10 bits per heavy atom. The van der Waals surface area contributed by atoms with Crippen LogP contribution >= 0.6 is 11.6 Å². The molecule has 0 aromatic heterocycles. The van der Waals surface area contributed by atoms with Gasteiger partial charge in [-0.2, -0.15) is 13.2 Å². The number of benzene rings is 2. The van der Waals surface area contributed by atoms with Gasteiger partial charge in [0.2, 0.25) is 17.7 Å². The van der Waals surface area contributed by atoms with E-state index in [1.54, 1.807) is 12.1 Å². The minimum atomic E-state index is -4.70. The summed E-state index contributed by atoms with van der Waals surface area (Å²) in [6.45, 7) is 3.85. The smallest absolute Gasteiger partial charge is 0.394 e. The molecule has 3 unspecified atom stereocenters. The molecule has 12 heteroatoms. The van der Waals surface area contributed by atoms with Gasteiger partial charge in [0.1, 0.15) is 11.7 Å². The molecule has 0 aliphatic carbocycles. The lowest BCUT2D eigenvalue weighted by atomic mass is 9.94. The van der Waals surface area contributed by atoms with E-state index in [4.69, 9.17) is 17.3 Å². The molecule has 0 spiro atoms. The van der Waals surface area contributed by atoms with Gasteiger partial charge in [-0.05, 0) is 61.6 Å². The number of rotatable bonds is 4. The number of nitrogens with two attached hydrogens (primary N) is 1. The number of carbonyl (C=O) groups excluding carboxylic acids is 3. The number of allylic oxidation sites excluding steroid dienone is 1. The summed E-state index contributed by atoms with van der Waals surface area (Å²) in [5.41, 5.74) is 6.49. The SMILES string of the molecule is CC1CCCC(N2CCC(c3cc(Cl)ccc3N/C=C(\N)C(F)(F)F)=CC2=O)C(=O)NC(C)c2ccccc2NC1=O. The Morgan fingerprint density at radius 2 is 1.83 bits per heavy atom. The van der Waals surface area contributed by atoms with Crippen molar-refractivity contribution in [3.8, 4) is 0 Å². The van der Waals surface area contributed by atoms with Gasteiger partial charge in [-0.1, -0.05) is 43.1 Å². The van der Waals surface area contributed by atoms with Crippen molar-refractivity contribution in [3.63, 3.8) is 0 Å². The Bertz CT molecular complexity index is 1430. The van der Waals surface area contributed by atoms with Crippen molar-refractivity contribution < 1.29 is 27.6 Å². The number of nitrogens with one attached hydrogen (secondary N) is 3. The highest BCUT2D eigenvalue weighted by Crippen LogP contribution is 2.34. The molecular weight excluding hydrogens is 571 g/mol. The molecule has 2 aliphatic rings. The minimum absolute atomic E-state index is 0.113. The van der Waals surface area contributed by atoms with Gasteiger partial charge in [0.25, 0.3) is 0 Å². The van der Waals surface area contributed by atoms with E-state index in [1.165, 1.54) is 23.1 Å². The molecule has 3 atom stereocenters. The number of nitrogens with zero attached hydrogens (tertiary/aromatic N) is 1. The third kappa shape index (κ3) is 7.25. The van der Waals surface area contributed by atoms with Crippen LogP contribution in [0.1, 0.15) is 56.7 Å². The number of para-hydroxylation sites is 1. The van der Waals surface area contributed by atoms with Crippen molar-refractivity contribution in [2.24, 2.45) is 11.7 Å². The van der Waals surface area contributed by atoms with Crippen LogP contribution in [0.15, 0.2) is 60.4 Å². The van der Waals surface area contributed by atoms with Crippen molar-refractivity contribution in [3.05, 3.63) is 76.6 Å². The Kier molecular flexibility index (Phi) is 9.50. The maximum absolute atomic E-state index is 13.6. The molecule has 0 saturated heterocycles. The predicted octanol–water partition coefficient (Wildman–Crippen LogP) is 5.73. The van der Waals surface area contributed by atoms with Gasteiger partial charge in [0.15, 0.2) is 0 Å². The first-order valence-electron chi connectivity index (χ1n) is 13.7. The quantitative estimate of drug-likeness (QED) is 0.356. The average molecular weight is 604 g/mol. The molecule has 224 valence electrons. The van der Waals surface area contributed by atoms with Crippen molar-refractivity contribution >= 4 is 46.3 Å². The van der Waals surface area contributed by atoms with E-state index in [0.717, 1.165) is 5.56 Å². The van der Waals surface area contributed by atoms with Crippen molar-refractivity contribution in [1.82, 2.24) is 10.2 Å². The minimum Gasteiger partial charge on any atom is -0.394 e. The topological polar surface area (TPSA) is 117 Å². The summed E-state index contributed by atoms with van der Waals surface area (Å²) < 4.78 is 38.7. The molecule has 0 radical (unpaired) electrons. The fourth-order valence-corrected chi connectivity index (χ4v) is 5.30. The van der Waals surface area contributed by atoms with Crippen LogP contribution < -0.4 is 21.7 Å². The zero-order valence-corrected chi connectivity index (χ0v) is 24.0. The van der Waals surface area contributed by atoms with Gasteiger partial charge >= 0.3 is 6.18 Å². The van der Waals surface area contributed by atoms with Crippen LogP contribution in [0.25, 0.3) is 5.57 Å². The van der Waals surface area contributed by atoms with Crippen LogP contribution in [-0.4, -0.2) is 41.4 Å². The number of halogens is 4. The van der Waals surface area contributed by atoms with Gasteiger partial charge in [0.05, 0.1) is 6.04 Å². The maximum atomic E-state index is 13.6. The third-order valence-electron chi connectivity index (χ3n) is 7.53. The van der Waals surface area contributed by atoms with Crippen LogP contribution in [0.4, 0.5) is 24.5 Å². The van der Waals surface area contributed by atoms with Crippen molar-refractivity contribution in [2.45, 2.75) is 57.8 Å². The molecule has 2 aromatic rings. The highest BCUT2D eigenvalue weighted by molar-refractivity contribution is 6.31. The second-order valence-electron chi connectivity index (χ2n) is 10.5. The summed E-state index contributed by atoms with van der Waals surface area (Å²) in [4.78, 5) is 41.3. The predicted molar refractivity (Wildman–Crippen MR) is 156 cm³/mol. The molecule has 8 nitrogen and oxygen atoms in total. The zero-order valence-electron chi connectivity index (χ0n) is 23.2. The first-order chi connectivity index (χ1) is 19.8. The Morgan fingerprint density at radius 3 is 2.55 bits per heavy atom. The molecular formula is C30H33ClF3N5O3. The number of fused-ring (bicyclic) bond motifs is 1. The Balaban J connectivity index is 1.60. The zero-order chi connectivity index (χ0) is 30.6. The van der Waals surface area contributed by atoms with Crippen molar-refractivity contribution in [1.29, 1.82) is 0 Å². The monoisotopic (exact) mass is 603 g/mol. The lowest BCUT2D eigenvalue weighted by Gasteiger charge is -2.35. The fourth-order valence-electron chi connectivity index (χ4n) is 5.13. The number of hydrogen-bond acceptors (Lipinski definition) is 5. The van der Waals surface area contributed by atoms with Gasteiger partial charge < -0.3 is 26.6 Å². The molecule has 2 heterocycles. The van der Waals surface area contributed by atoms with Crippen LogP contribution in [0.3, 0.4) is 0 Å². The van der Waals surface area contributed by atoms with Crippen LogP contribution in [-0.2, 0) is 14.4 Å². The summed E-state index contributed by atoms with van der Waals surface area (Å²) in [6, 6.07) is 10.6. The van der Waals surface area contributed by atoms with Gasteiger partial charge in [0, 0.05) is 46.7 Å². The Labute approximate surface area is 247 Å². The Hall–Kier alpha value is -3.99. The van der Waals surface area contributed by atoms with E-state index in [2.05, 4.69) is 16.0 Å². The lowest BCUT2D eigenvalue weighted by molar-refractivity contribution is -0.138. The number of carbonyl (C=O) groups is 3. The molecule has 3 amide bonds. The molecule has 0 saturated carbocycles. The van der Waals surface area contributed by atoms with Crippen LogP contribution in [0.2, 0.25) is 5.02 Å². The molecule has 42 heavy (non-hydrogen) atoms. The van der Waals surface area contributed by atoms with E-state index in [1.807, 2.05) is 32.0 Å². The summed E-state index contributed by atoms with van der Waals surface area (Å²) >= 11 is 6.18. The molecule has 2 aliphatic heterocycles. The van der Waals surface area contributed by atoms with Crippen LogP contribution in [0.5, 0.6) is 0 Å². The fraction of sp³-hybridized carbons (Fsp3) is 0.367. The highest BCUT2D eigenvalue weighted by Gasteiger charge is 2.34. The third-order valence-corrected chi connectivity index (χ3v) is 7.76. The van der Waals surface area contributed by atoms with E-state index in [0.29, 0.717) is 59.4 Å². The lowest BCUT2D eigenvalue weighted by Crippen LogP contribution is -2.51. The summed E-state index contributed by atoms with van der Waals surface area (Å²) in [5, 5.41) is 8.88. The van der Waals surface area contributed by atoms with Crippen molar-refractivity contribution in [2.75, 3.05) is 17.2 Å². The summed E-state index contributed by atoms with van der Waals surface area (Å²) in [6.07, 6.45) is -0.898. The molecule has 2 aromatic carbocycles. The standard InChI is InChI=1S/C30H33ClF3N5O3/c1-17-6-5-9-25(29(42)37-18(2)21-7-3-4-8-24(21)38-28(17)41)39-13-12-19(14-27(39)40)22-15-20(31)10-11-23(22)36-16-26(35)30(32,33)34/h3-4,7-8,10-11,14-18,25,36H,5-6,9,12-13,35H2,1-2H3,(H,37,42)(H,38,41)/b26-16-. The number of hydrogen-bond donors (Lipinski definition) is 4. The van der Waals surface area contributed by atoms with E-state index >= 15 is 0 Å². The second kappa shape index (κ2) is 12.9. The second-order valence-corrected chi connectivity index (χ2v) is 11.0. The largest absolute Gasteiger partial charge is 0.432 e. The van der Waals surface area contributed by atoms with Gasteiger partial charge in [-0.25, -0.2) is 0 Å².